The monoisotopic (exact) mass is 465 g/mol. The molecule has 200 valence electrons. The summed E-state index contributed by atoms with van der Waals surface area (Å²) >= 11 is 0. The summed E-state index contributed by atoms with van der Waals surface area (Å²) in [6.45, 7) is 12.0. The van der Waals surface area contributed by atoms with Gasteiger partial charge in [0, 0.05) is 0 Å². The van der Waals surface area contributed by atoms with Gasteiger partial charge in [0.2, 0.25) is 0 Å². The topological polar surface area (TPSA) is 0 Å². The van der Waals surface area contributed by atoms with Crippen LogP contribution in [0.25, 0.3) is 0 Å². The Kier molecular flexibility index (Phi) is 26.6. The predicted molar refractivity (Wildman–Crippen MR) is 154 cm³/mol. The Morgan fingerprint density at radius 3 is 1.06 bits per heavy atom. The lowest BCUT2D eigenvalue weighted by Crippen LogP contribution is -2.23. The first-order chi connectivity index (χ1) is 16.2. The molecular formula is C33H68. The van der Waals surface area contributed by atoms with Crippen molar-refractivity contribution < 1.29 is 0 Å². The summed E-state index contributed by atoms with van der Waals surface area (Å²) in [6.07, 6.45) is 36.5. The van der Waals surface area contributed by atoms with E-state index in [2.05, 4.69) is 34.6 Å². The maximum atomic E-state index is 2.64. The third-order valence-corrected chi connectivity index (χ3v) is 8.35. The molecule has 0 aliphatic heterocycles. The van der Waals surface area contributed by atoms with Gasteiger partial charge in [-0.25, -0.2) is 0 Å². The summed E-state index contributed by atoms with van der Waals surface area (Å²) in [6, 6.07) is 0. The molecule has 33 heavy (non-hydrogen) atoms. The molecule has 0 rings (SSSR count). The van der Waals surface area contributed by atoms with Crippen molar-refractivity contribution >= 4 is 0 Å². The van der Waals surface area contributed by atoms with Gasteiger partial charge in [0.05, 0.1) is 0 Å². The van der Waals surface area contributed by atoms with E-state index in [4.69, 9.17) is 0 Å². The molecule has 0 aromatic carbocycles. The van der Waals surface area contributed by atoms with Crippen molar-refractivity contribution in [2.45, 2.75) is 195 Å². The first kappa shape index (κ1) is 33.0. The van der Waals surface area contributed by atoms with Crippen LogP contribution in [-0.4, -0.2) is 0 Å². The molecule has 0 aliphatic carbocycles. The summed E-state index contributed by atoms with van der Waals surface area (Å²) in [4.78, 5) is 0. The number of hydrogen-bond donors (Lipinski definition) is 0. The Morgan fingerprint density at radius 2 is 0.636 bits per heavy atom. The van der Waals surface area contributed by atoms with Crippen LogP contribution in [0.15, 0.2) is 0 Å². The highest BCUT2D eigenvalue weighted by atomic mass is 14.3. The van der Waals surface area contributed by atoms with Gasteiger partial charge in [0.1, 0.15) is 0 Å². The molecule has 0 saturated carbocycles. The summed E-state index contributed by atoms with van der Waals surface area (Å²) in [7, 11) is 0. The zero-order chi connectivity index (χ0) is 24.4. The molecule has 0 aromatic rings. The normalized spacial score (nSPS) is 14.5. The van der Waals surface area contributed by atoms with Crippen LogP contribution in [0.2, 0.25) is 0 Å². The lowest BCUT2D eigenvalue weighted by Gasteiger charge is -2.33. The maximum absolute atomic E-state index is 2.64. The standard InChI is InChI=1S/C33H68/c1-6-10-14-18-19-22-23-27-31(5)33(30-26-21-16-12-8-3)32(28-24-17-13-9-4)29-25-20-15-11-7-2/h31-33H,6-30H2,1-5H3. The lowest BCUT2D eigenvalue weighted by molar-refractivity contribution is 0.178. The van der Waals surface area contributed by atoms with Crippen molar-refractivity contribution in [1.82, 2.24) is 0 Å². The fourth-order valence-electron chi connectivity index (χ4n) is 6.02. The van der Waals surface area contributed by atoms with Crippen LogP contribution in [0, 0.1) is 17.8 Å². The molecule has 0 aliphatic rings. The Hall–Kier alpha value is 0. The molecule has 0 saturated heterocycles. The molecule has 0 nitrogen and oxygen atoms in total. The molecule has 3 atom stereocenters. The van der Waals surface area contributed by atoms with E-state index < -0.39 is 0 Å². The summed E-state index contributed by atoms with van der Waals surface area (Å²) in [5.41, 5.74) is 0. The number of unbranched alkanes of at least 4 members (excludes halogenated alkanes) is 17. The van der Waals surface area contributed by atoms with Gasteiger partial charge in [0.25, 0.3) is 0 Å². The first-order valence-electron chi connectivity index (χ1n) is 16.2. The predicted octanol–water partition coefficient (Wildman–Crippen LogP) is 12.7. The number of rotatable bonds is 27. The van der Waals surface area contributed by atoms with Crippen molar-refractivity contribution in [1.29, 1.82) is 0 Å². The highest BCUT2D eigenvalue weighted by Crippen LogP contribution is 2.37. The van der Waals surface area contributed by atoms with E-state index in [1.165, 1.54) is 161 Å². The van der Waals surface area contributed by atoms with Crippen molar-refractivity contribution in [2.24, 2.45) is 17.8 Å². The molecule has 0 spiro atoms. The van der Waals surface area contributed by atoms with Crippen LogP contribution in [0.5, 0.6) is 0 Å². The van der Waals surface area contributed by atoms with Gasteiger partial charge in [-0.05, 0) is 24.2 Å². The van der Waals surface area contributed by atoms with Gasteiger partial charge in [-0.3, -0.25) is 0 Å². The molecule has 0 fully saturated rings. The van der Waals surface area contributed by atoms with Gasteiger partial charge in [0.15, 0.2) is 0 Å². The Bertz CT molecular complexity index is 346. The van der Waals surface area contributed by atoms with Crippen LogP contribution < -0.4 is 0 Å². The van der Waals surface area contributed by atoms with E-state index >= 15 is 0 Å². The quantitative estimate of drug-likeness (QED) is 0.106. The van der Waals surface area contributed by atoms with Crippen LogP contribution in [0.1, 0.15) is 195 Å². The highest BCUT2D eigenvalue weighted by Gasteiger charge is 2.25. The average molecular weight is 465 g/mol. The average Bonchev–Trinajstić information content (AvgIpc) is 2.82. The molecule has 0 bridgehead atoms. The molecule has 0 amide bonds. The van der Waals surface area contributed by atoms with E-state index in [1.54, 1.807) is 0 Å². The fourth-order valence-corrected chi connectivity index (χ4v) is 6.02. The van der Waals surface area contributed by atoms with Crippen LogP contribution in [-0.2, 0) is 0 Å². The van der Waals surface area contributed by atoms with Gasteiger partial charge in [-0.15, -0.1) is 0 Å². The maximum Gasteiger partial charge on any atom is -0.0360 e. The van der Waals surface area contributed by atoms with Crippen molar-refractivity contribution in [3.63, 3.8) is 0 Å². The number of hydrogen-bond acceptors (Lipinski definition) is 0. The summed E-state index contributed by atoms with van der Waals surface area (Å²) in [5, 5.41) is 0. The van der Waals surface area contributed by atoms with Gasteiger partial charge in [-0.2, -0.15) is 0 Å². The Labute approximate surface area is 212 Å². The molecule has 3 unspecified atom stereocenters. The minimum absolute atomic E-state index is 0.943. The minimum Gasteiger partial charge on any atom is -0.0654 e. The summed E-state index contributed by atoms with van der Waals surface area (Å²) in [5.74, 6) is 2.95. The second-order valence-corrected chi connectivity index (χ2v) is 11.6. The summed E-state index contributed by atoms with van der Waals surface area (Å²) < 4.78 is 0. The SMILES string of the molecule is CCCCCCCCCC(C)C(CCCCCCC)C(CCCCCC)CCCCCCC. The lowest BCUT2D eigenvalue weighted by atomic mass is 9.73. The van der Waals surface area contributed by atoms with E-state index in [1.807, 2.05) is 0 Å². The van der Waals surface area contributed by atoms with Crippen molar-refractivity contribution in [3.8, 4) is 0 Å². The molecular weight excluding hydrogens is 396 g/mol. The second-order valence-electron chi connectivity index (χ2n) is 11.6. The van der Waals surface area contributed by atoms with E-state index in [0.717, 1.165) is 17.8 Å². The second kappa shape index (κ2) is 26.6. The van der Waals surface area contributed by atoms with Crippen LogP contribution in [0.4, 0.5) is 0 Å². The molecule has 0 aromatic heterocycles. The van der Waals surface area contributed by atoms with Gasteiger partial charge in [-0.1, -0.05) is 189 Å². The van der Waals surface area contributed by atoms with Crippen LogP contribution in [0.3, 0.4) is 0 Å². The minimum atomic E-state index is 0.943. The van der Waals surface area contributed by atoms with Crippen LogP contribution >= 0.6 is 0 Å². The first-order valence-corrected chi connectivity index (χ1v) is 16.2. The smallest absolute Gasteiger partial charge is 0.0360 e. The molecule has 0 radical (unpaired) electrons. The Morgan fingerprint density at radius 1 is 0.333 bits per heavy atom. The van der Waals surface area contributed by atoms with E-state index in [-0.39, 0.29) is 0 Å². The fraction of sp³-hybridized carbons (Fsp3) is 1.00. The van der Waals surface area contributed by atoms with Crippen molar-refractivity contribution in [2.75, 3.05) is 0 Å². The zero-order valence-electron chi connectivity index (χ0n) is 24.4. The van der Waals surface area contributed by atoms with Crippen molar-refractivity contribution in [3.05, 3.63) is 0 Å². The molecule has 0 N–H and O–H groups in total. The zero-order valence-corrected chi connectivity index (χ0v) is 24.4. The van der Waals surface area contributed by atoms with E-state index in [0.29, 0.717) is 0 Å². The van der Waals surface area contributed by atoms with Gasteiger partial charge < -0.3 is 0 Å². The third kappa shape index (κ3) is 21.0. The Balaban J connectivity index is 4.77. The molecule has 0 heteroatoms. The molecule has 0 heterocycles. The van der Waals surface area contributed by atoms with E-state index in [9.17, 15) is 0 Å². The third-order valence-electron chi connectivity index (χ3n) is 8.35. The van der Waals surface area contributed by atoms with Gasteiger partial charge >= 0.3 is 0 Å². The largest absolute Gasteiger partial charge is 0.0654 e. The highest BCUT2D eigenvalue weighted by molar-refractivity contribution is 4.76.